The second kappa shape index (κ2) is 7.11. The standard InChI is InChI=1S/C24H18ClN5S/c1-15-4-10-18(11-5-15)29-13-19(16-6-8-17(25)9-7-16)21-23(29)26-14-30-24(21)27-22(28-30)20-3-2-12-31-20/h2-14,24H,1H3,(H,27,28). The Morgan fingerprint density at radius 1 is 1.03 bits per heavy atom. The number of nitrogens with one attached hydrogen (secondary N) is 1. The molecule has 0 saturated heterocycles. The number of hydrogen-bond acceptors (Lipinski definition) is 5. The third-order valence-electron chi connectivity index (χ3n) is 5.55. The molecule has 1 unspecified atom stereocenters. The van der Waals surface area contributed by atoms with Crippen molar-refractivity contribution in [2.24, 2.45) is 9.98 Å². The Labute approximate surface area is 188 Å². The zero-order valence-corrected chi connectivity index (χ0v) is 18.2. The molecule has 0 saturated carbocycles. The van der Waals surface area contributed by atoms with E-state index in [2.05, 4.69) is 58.8 Å². The number of aryl methyl sites for hydroxylation is 1. The van der Waals surface area contributed by atoms with Crippen LogP contribution in [-0.2, 0) is 0 Å². The Morgan fingerprint density at radius 3 is 2.58 bits per heavy atom. The molecule has 6 rings (SSSR count). The molecule has 0 amide bonds. The number of hydrazine groups is 1. The molecule has 4 aromatic rings. The maximum atomic E-state index is 6.16. The summed E-state index contributed by atoms with van der Waals surface area (Å²) in [4.78, 5) is 11.0. The molecule has 0 aliphatic carbocycles. The van der Waals surface area contributed by atoms with Crippen LogP contribution < -0.4 is 5.43 Å². The van der Waals surface area contributed by atoms with Crippen molar-refractivity contribution < 1.29 is 0 Å². The first-order chi connectivity index (χ1) is 15.2. The molecule has 2 aromatic carbocycles. The molecule has 1 N–H and O–H groups in total. The molecule has 31 heavy (non-hydrogen) atoms. The van der Waals surface area contributed by atoms with Gasteiger partial charge in [0.2, 0.25) is 0 Å². The number of nitrogens with zero attached hydrogens (tertiary/aromatic N) is 4. The summed E-state index contributed by atoms with van der Waals surface area (Å²) in [6.45, 7) is 2.09. The normalized spacial score (nSPS) is 16.6. The zero-order chi connectivity index (χ0) is 20.9. The van der Waals surface area contributed by atoms with Crippen LogP contribution in [0.3, 0.4) is 0 Å². The van der Waals surface area contributed by atoms with Crippen molar-refractivity contribution in [1.82, 2.24) is 15.0 Å². The first kappa shape index (κ1) is 18.4. The first-order valence-electron chi connectivity index (χ1n) is 9.96. The van der Waals surface area contributed by atoms with E-state index in [0.717, 1.165) is 43.9 Å². The van der Waals surface area contributed by atoms with E-state index in [9.17, 15) is 0 Å². The minimum atomic E-state index is -0.193. The molecule has 2 aliphatic rings. The number of rotatable bonds is 3. The van der Waals surface area contributed by atoms with Crippen LogP contribution in [0.15, 0.2) is 82.2 Å². The fraction of sp³-hybridized carbons (Fsp3) is 0.0833. The average molecular weight is 444 g/mol. The molecule has 0 radical (unpaired) electrons. The van der Waals surface area contributed by atoms with Gasteiger partial charge >= 0.3 is 0 Å². The molecule has 1 atom stereocenters. The van der Waals surface area contributed by atoms with E-state index < -0.39 is 0 Å². The number of thiophene rings is 1. The quantitative estimate of drug-likeness (QED) is 0.415. The molecule has 5 nitrogen and oxygen atoms in total. The molecule has 0 fully saturated rings. The molecule has 0 bridgehead atoms. The van der Waals surface area contributed by atoms with Gasteiger partial charge in [-0.25, -0.2) is 15.0 Å². The Bertz CT molecular complexity index is 1320. The van der Waals surface area contributed by atoms with Crippen molar-refractivity contribution in [2.75, 3.05) is 0 Å². The van der Waals surface area contributed by atoms with Crippen molar-refractivity contribution in [1.29, 1.82) is 0 Å². The predicted molar refractivity (Wildman–Crippen MR) is 128 cm³/mol. The highest BCUT2D eigenvalue weighted by molar-refractivity contribution is 7.12. The van der Waals surface area contributed by atoms with E-state index >= 15 is 0 Å². The van der Waals surface area contributed by atoms with Crippen molar-refractivity contribution in [2.45, 2.75) is 13.1 Å². The number of aliphatic imine (C=N–C) groups is 2. The van der Waals surface area contributed by atoms with Gasteiger partial charge in [0.05, 0.1) is 10.4 Å². The fourth-order valence-electron chi connectivity index (χ4n) is 4.00. The van der Waals surface area contributed by atoms with Crippen LogP contribution in [-0.4, -0.2) is 21.8 Å². The molecule has 0 spiro atoms. The number of fused-ring (bicyclic) bond motifs is 3. The van der Waals surface area contributed by atoms with Gasteiger partial charge in [-0.05, 0) is 48.2 Å². The van der Waals surface area contributed by atoms with E-state index in [4.69, 9.17) is 21.6 Å². The zero-order valence-electron chi connectivity index (χ0n) is 16.7. The first-order valence-corrected chi connectivity index (χ1v) is 11.2. The number of halogens is 1. The summed E-state index contributed by atoms with van der Waals surface area (Å²) in [5.74, 6) is 1.76. The highest BCUT2D eigenvalue weighted by Crippen LogP contribution is 2.45. The summed E-state index contributed by atoms with van der Waals surface area (Å²) in [7, 11) is 0. The van der Waals surface area contributed by atoms with Crippen LogP contribution in [0.5, 0.6) is 0 Å². The van der Waals surface area contributed by atoms with Crippen LogP contribution in [0.1, 0.15) is 22.2 Å². The van der Waals surface area contributed by atoms with Gasteiger partial charge in [0.25, 0.3) is 0 Å². The lowest BCUT2D eigenvalue weighted by Crippen LogP contribution is -2.37. The minimum Gasteiger partial charge on any atom is -0.301 e. The number of amidine groups is 1. The molecular formula is C24H18ClN5S. The Morgan fingerprint density at radius 2 is 1.84 bits per heavy atom. The molecule has 152 valence electrons. The van der Waals surface area contributed by atoms with Crippen LogP contribution in [0.2, 0.25) is 5.02 Å². The second-order valence-electron chi connectivity index (χ2n) is 7.58. The molecule has 7 heteroatoms. The minimum absolute atomic E-state index is 0.193. The lowest BCUT2D eigenvalue weighted by Gasteiger charge is -2.25. The van der Waals surface area contributed by atoms with Crippen LogP contribution in [0, 0.1) is 6.92 Å². The second-order valence-corrected chi connectivity index (χ2v) is 8.97. The predicted octanol–water partition coefficient (Wildman–Crippen LogP) is 6.11. The van der Waals surface area contributed by atoms with E-state index in [1.54, 1.807) is 11.3 Å². The van der Waals surface area contributed by atoms with Crippen LogP contribution in [0.25, 0.3) is 16.8 Å². The van der Waals surface area contributed by atoms with Gasteiger partial charge in [-0.1, -0.05) is 47.5 Å². The lowest BCUT2D eigenvalue weighted by molar-refractivity contribution is 0.327. The molecular weight excluding hydrogens is 426 g/mol. The van der Waals surface area contributed by atoms with Crippen LogP contribution >= 0.6 is 22.9 Å². The fourth-order valence-corrected chi connectivity index (χ4v) is 4.80. The maximum absolute atomic E-state index is 6.16. The van der Waals surface area contributed by atoms with Crippen molar-refractivity contribution >= 4 is 40.9 Å². The van der Waals surface area contributed by atoms with E-state index in [1.807, 2.05) is 41.7 Å². The van der Waals surface area contributed by atoms with Gasteiger partial charge in [0.15, 0.2) is 12.0 Å². The number of aromatic nitrogens is 1. The largest absolute Gasteiger partial charge is 0.301 e. The smallest absolute Gasteiger partial charge is 0.173 e. The van der Waals surface area contributed by atoms with Crippen molar-refractivity contribution in [3.05, 3.63) is 93.3 Å². The van der Waals surface area contributed by atoms with Gasteiger partial charge in [-0.2, -0.15) is 0 Å². The van der Waals surface area contributed by atoms with Crippen LogP contribution in [0.4, 0.5) is 5.82 Å². The van der Waals surface area contributed by atoms with Crippen molar-refractivity contribution in [3.63, 3.8) is 0 Å². The summed E-state index contributed by atoms with van der Waals surface area (Å²) >= 11 is 7.82. The summed E-state index contributed by atoms with van der Waals surface area (Å²) in [6, 6.07) is 20.5. The van der Waals surface area contributed by atoms with Gasteiger partial charge in [0.1, 0.15) is 12.2 Å². The average Bonchev–Trinajstić information content (AvgIpc) is 3.52. The summed E-state index contributed by atoms with van der Waals surface area (Å²) in [5.41, 5.74) is 8.94. The van der Waals surface area contributed by atoms with Gasteiger partial charge in [0, 0.05) is 22.5 Å². The van der Waals surface area contributed by atoms with Gasteiger partial charge < -0.3 is 4.57 Å². The number of hydrogen-bond donors (Lipinski definition) is 1. The molecule has 2 aliphatic heterocycles. The third-order valence-corrected chi connectivity index (χ3v) is 6.68. The third kappa shape index (κ3) is 3.07. The SMILES string of the molecule is Cc1ccc(-n2cc(-c3ccc(Cl)cc3)c3c2N=CN2NC(c4cccs4)=NC32)cc1. The topological polar surface area (TPSA) is 44.9 Å². The van der Waals surface area contributed by atoms with E-state index in [-0.39, 0.29) is 6.17 Å². The maximum Gasteiger partial charge on any atom is 0.173 e. The Kier molecular flexibility index (Phi) is 4.23. The Hall–Kier alpha value is -3.35. The highest BCUT2D eigenvalue weighted by Gasteiger charge is 2.36. The number of benzene rings is 2. The molecule has 4 heterocycles. The van der Waals surface area contributed by atoms with Gasteiger partial charge in [-0.15, -0.1) is 11.3 Å². The highest BCUT2D eigenvalue weighted by atomic mass is 35.5. The van der Waals surface area contributed by atoms with E-state index in [0.29, 0.717) is 0 Å². The van der Waals surface area contributed by atoms with E-state index in [1.165, 1.54) is 5.56 Å². The molecule has 2 aromatic heterocycles. The van der Waals surface area contributed by atoms with Crippen molar-refractivity contribution in [3.8, 4) is 16.8 Å². The van der Waals surface area contributed by atoms with Gasteiger partial charge in [-0.3, -0.25) is 5.43 Å². The summed E-state index contributed by atoms with van der Waals surface area (Å²) in [6.07, 6.45) is 3.79. The monoisotopic (exact) mass is 443 g/mol. The summed E-state index contributed by atoms with van der Waals surface area (Å²) < 4.78 is 2.14. The lowest BCUT2D eigenvalue weighted by atomic mass is 10.0. The summed E-state index contributed by atoms with van der Waals surface area (Å²) in [5, 5.41) is 4.75. The Balaban J connectivity index is 1.55.